The number of aryl methyl sites for hydroxylation is 2. The van der Waals surface area contributed by atoms with Gasteiger partial charge in [-0.15, -0.1) is 0 Å². The average Bonchev–Trinajstić information content (AvgIpc) is 3.43. The summed E-state index contributed by atoms with van der Waals surface area (Å²) in [5.74, 6) is 0.376. The molecule has 0 saturated carbocycles. The van der Waals surface area contributed by atoms with Crippen molar-refractivity contribution in [3.63, 3.8) is 0 Å². The number of carbonyl (C=O) groups is 1. The van der Waals surface area contributed by atoms with Crippen molar-refractivity contribution in [1.82, 2.24) is 14.9 Å². The minimum atomic E-state index is -0.962. The summed E-state index contributed by atoms with van der Waals surface area (Å²) >= 11 is 5.93. The van der Waals surface area contributed by atoms with Gasteiger partial charge in [0.15, 0.2) is 5.11 Å². The van der Waals surface area contributed by atoms with Crippen LogP contribution in [0, 0.1) is 20.8 Å². The number of benzene rings is 2. The van der Waals surface area contributed by atoms with Gasteiger partial charge in [-0.2, -0.15) is 0 Å². The van der Waals surface area contributed by atoms with Crippen molar-refractivity contribution < 1.29 is 19.4 Å². The first-order valence-electron chi connectivity index (χ1n) is 12.5. The van der Waals surface area contributed by atoms with Crippen molar-refractivity contribution in [3.8, 4) is 17.2 Å². The normalized spacial score (nSPS) is 16.7. The number of nitrogens with zero attached hydrogens (tertiary/aromatic N) is 3. The standard InChI is InChI=1S/C30H30N4O4S/c1-17-9-10-20(29(35)36)15-24(17)33-18(2)14-22(19(33)3)28-27(23-8-6-7-13-31-23)32-30(39)34(28)25-16-21(37-4)11-12-26(25)38-5/h6-16,27-28H,1-5H3,(H,32,39)(H,35,36). The minimum absolute atomic E-state index is 0.238. The number of thiocarbonyl (C=S) groups is 1. The Kier molecular flexibility index (Phi) is 7.01. The number of aromatic nitrogens is 2. The van der Waals surface area contributed by atoms with Gasteiger partial charge in [0.25, 0.3) is 0 Å². The molecular weight excluding hydrogens is 512 g/mol. The Morgan fingerprint density at radius 1 is 1.00 bits per heavy atom. The molecule has 1 aliphatic rings. The van der Waals surface area contributed by atoms with E-state index >= 15 is 0 Å². The largest absolute Gasteiger partial charge is 0.497 e. The minimum Gasteiger partial charge on any atom is -0.497 e. The number of nitrogens with one attached hydrogen (secondary N) is 1. The van der Waals surface area contributed by atoms with Crippen LogP contribution < -0.4 is 19.7 Å². The molecule has 2 aromatic heterocycles. The molecule has 1 aliphatic heterocycles. The first-order valence-corrected chi connectivity index (χ1v) is 12.9. The van der Waals surface area contributed by atoms with Crippen molar-refractivity contribution in [2.45, 2.75) is 32.9 Å². The quantitative estimate of drug-likeness (QED) is 0.288. The molecule has 0 amide bonds. The summed E-state index contributed by atoms with van der Waals surface area (Å²) in [6.45, 7) is 6.05. The molecule has 3 heterocycles. The lowest BCUT2D eigenvalue weighted by atomic mass is 9.96. The Morgan fingerprint density at radius 3 is 2.46 bits per heavy atom. The number of aromatic carboxylic acids is 1. The van der Waals surface area contributed by atoms with Gasteiger partial charge < -0.3 is 29.4 Å². The van der Waals surface area contributed by atoms with E-state index in [1.54, 1.807) is 32.5 Å². The molecule has 1 fully saturated rings. The van der Waals surface area contributed by atoms with Crippen molar-refractivity contribution in [3.05, 3.63) is 101 Å². The van der Waals surface area contributed by atoms with E-state index in [2.05, 4.69) is 25.8 Å². The molecule has 39 heavy (non-hydrogen) atoms. The molecule has 2 unspecified atom stereocenters. The summed E-state index contributed by atoms with van der Waals surface area (Å²) in [5.41, 5.74) is 6.63. The Morgan fingerprint density at radius 2 is 1.79 bits per heavy atom. The van der Waals surface area contributed by atoms with Crippen LogP contribution in [-0.4, -0.2) is 40.0 Å². The predicted octanol–water partition coefficient (Wildman–Crippen LogP) is 5.69. The first kappa shape index (κ1) is 26.2. The van der Waals surface area contributed by atoms with Crippen LogP contribution in [0.5, 0.6) is 11.5 Å². The van der Waals surface area contributed by atoms with Crippen LogP contribution >= 0.6 is 12.2 Å². The van der Waals surface area contributed by atoms with Crippen LogP contribution in [0.3, 0.4) is 0 Å². The molecular formula is C30H30N4O4S. The molecule has 5 rings (SSSR count). The molecule has 0 spiro atoms. The van der Waals surface area contributed by atoms with Gasteiger partial charge in [0, 0.05) is 29.3 Å². The molecule has 0 radical (unpaired) electrons. The summed E-state index contributed by atoms with van der Waals surface area (Å²) in [6, 6.07) is 18.3. The number of hydrogen-bond donors (Lipinski definition) is 2. The maximum Gasteiger partial charge on any atom is 0.335 e. The monoisotopic (exact) mass is 542 g/mol. The van der Waals surface area contributed by atoms with Gasteiger partial charge in [0.05, 0.1) is 43.2 Å². The van der Waals surface area contributed by atoms with E-state index in [1.807, 2.05) is 63.2 Å². The van der Waals surface area contributed by atoms with E-state index in [1.165, 1.54) is 0 Å². The van der Waals surface area contributed by atoms with Crippen LogP contribution in [-0.2, 0) is 0 Å². The number of carboxylic acid groups (broad SMARTS) is 1. The molecule has 2 N–H and O–H groups in total. The maximum absolute atomic E-state index is 11.8. The number of ether oxygens (including phenoxy) is 2. The Hall–Kier alpha value is -4.37. The van der Waals surface area contributed by atoms with Gasteiger partial charge in [-0.3, -0.25) is 4.98 Å². The number of methoxy groups -OCH3 is 2. The highest BCUT2D eigenvalue weighted by molar-refractivity contribution is 7.80. The molecule has 2 atom stereocenters. The summed E-state index contributed by atoms with van der Waals surface area (Å²) in [5, 5.41) is 13.7. The van der Waals surface area contributed by atoms with Gasteiger partial charge >= 0.3 is 5.97 Å². The average molecular weight is 543 g/mol. The van der Waals surface area contributed by atoms with Crippen LogP contribution in [0.1, 0.15) is 50.7 Å². The van der Waals surface area contributed by atoms with Gasteiger partial charge in [-0.05, 0) is 86.6 Å². The highest BCUT2D eigenvalue weighted by Crippen LogP contribution is 2.47. The maximum atomic E-state index is 11.8. The van der Waals surface area contributed by atoms with E-state index < -0.39 is 5.97 Å². The summed E-state index contributed by atoms with van der Waals surface area (Å²) in [6.07, 6.45) is 1.77. The molecule has 0 bridgehead atoms. The second-order valence-corrected chi connectivity index (χ2v) is 9.89. The van der Waals surface area contributed by atoms with Crippen LogP contribution in [0.2, 0.25) is 0 Å². The zero-order chi connectivity index (χ0) is 27.8. The molecule has 8 nitrogen and oxygen atoms in total. The second-order valence-electron chi connectivity index (χ2n) is 9.50. The first-order chi connectivity index (χ1) is 18.7. The van der Waals surface area contributed by atoms with E-state index in [0.29, 0.717) is 16.6 Å². The number of rotatable bonds is 7. The lowest BCUT2D eigenvalue weighted by Crippen LogP contribution is -2.30. The molecule has 200 valence electrons. The predicted molar refractivity (Wildman–Crippen MR) is 154 cm³/mol. The number of pyridine rings is 1. The number of anilines is 1. The van der Waals surface area contributed by atoms with Crippen LogP contribution in [0.25, 0.3) is 5.69 Å². The summed E-state index contributed by atoms with van der Waals surface area (Å²) in [4.78, 5) is 18.5. The summed E-state index contributed by atoms with van der Waals surface area (Å²) in [7, 11) is 3.26. The topological polar surface area (TPSA) is 88.9 Å². The van der Waals surface area contributed by atoms with E-state index in [-0.39, 0.29) is 17.6 Å². The van der Waals surface area contributed by atoms with Gasteiger partial charge in [0.2, 0.25) is 0 Å². The zero-order valence-corrected chi connectivity index (χ0v) is 23.2. The molecule has 9 heteroatoms. The van der Waals surface area contributed by atoms with E-state index in [0.717, 1.165) is 39.6 Å². The smallest absolute Gasteiger partial charge is 0.335 e. The van der Waals surface area contributed by atoms with Crippen LogP contribution in [0.4, 0.5) is 5.69 Å². The third kappa shape index (κ3) is 4.59. The van der Waals surface area contributed by atoms with E-state index in [4.69, 9.17) is 21.7 Å². The molecule has 1 saturated heterocycles. The SMILES string of the molecule is COc1ccc(OC)c(N2C(=S)NC(c3ccccn3)C2c2cc(C)n(-c3cc(C(=O)O)ccc3C)c2C)c1. The molecule has 0 aliphatic carbocycles. The second kappa shape index (κ2) is 10.4. The van der Waals surface area contributed by atoms with Crippen molar-refractivity contribution in [1.29, 1.82) is 0 Å². The summed E-state index contributed by atoms with van der Waals surface area (Å²) < 4.78 is 13.4. The number of hydrogen-bond acceptors (Lipinski definition) is 5. The zero-order valence-electron chi connectivity index (χ0n) is 22.4. The van der Waals surface area contributed by atoms with Gasteiger partial charge in [-0.1, -0.05) is 12.1 Å². The lowest BCUT2D eigenvalue weighted by molar-refractivity contribution is 0.0697. The Balaban J connectivity index is 1.73. The van der Waals surface area contributed by atoms with Crippen molar-refractivity contribution in [2.75, 3.05) is 19.1 Å². The fourth-order valence-corrected chi connectivity index (χ4v) is 5.70. The van der Waals surface area contributed by atoms with Gasteiger partial charge in [-0.25, -0.2) is 4.79 Å². The van der Waals surface area contributed by atoms with Crippen LogP contribution in [0.15, 0.2) is 66.9 Å². The van der Waals surface area contributed by atoms with Crippen molar-refractivity contribution in [2.24, 2.45) is 0 Å². The number of carboxylic acids is 1. The fourth-order valence-electron chi connectivity index (χ4n) is 5.36. The Bertz CT molecular complexity index is 1570. The fraction of sp³-hybridized carbons (Fsp3) is 0.233. The lowest BCUT2D eigenvalue weighted by Gasteiger charge is -2.29. The third-order valence-corrected chi connectivity index (χ3v) is 7.54. The highest BCUT2D eigenvalue weighted by Gasteiger charge is 2.43. The van der Waals surface area contributed by atoms with Crippen molar-refractivity contribution >= 4 is 29.0 Å². The molecule has 4 aromatic rings. The highest BCUT2D eigenvalue weighted by atomic mass is 32.1. The Labute approximate surface area is 232 Å². The van der Waals surface area contributed by atoms with Gasteiger partial charge in [0.1, 0.15) is 11.5 Å². The van der Waals surface area contributed by atoms with E-state index in [9.17, 15) is 9.90 Å². The third-order valence-electron chi connectivity index (χ3n) is 7.23. The molecule has 2 aromatic carbocycles.